The second kappa shape index (κ2) is 11.2. The van der Waals surface area contributed by atoms with Gasteiger partial charge in [-0.2, -0.15) is 5.10 Å². The first-order valence-electron chi connectivity index (χ1n) is 11.0. The highest BCUT2D eigenvalue weighted by atomic mass is 16.3. The number of nitrogens with zero attached hydrogens (tertiary/aromatic N) is 5. The van der Waals surface area contributed by atoms with E-state index in [1.807, 2.05) is 24.0 Å². The molecule has 0 aliphatic carbocycles. The van der Waals surface area contributed by atoms with Crippen molar-refractivity contribution in [2.45, 2.75) is 38.3 Å². The second-order valence-electron chi connectivity index (χ2n) is 8.16. The van der Waals surface area contributed by atoms with Gasteiger partial charge in [-0.05, 0) is 59.1 Å². The summed E-state index contributed by atoms with van der Waals surface area (Å²) >= 11 is 0. The van der Waals surface area contributed by atoms with Gasteiger partial charge in [0.1, 0.15) is 5.76 Å². The third-order valence-corrected chi connectivity index (χ3v) is 5.67. The average molecular weight is 416 g/mol. The maximum atomic E-state index is 5.76. The first-order chi connectivity index (χ1) is 14.6. The van der Waals surface area contributed by atoms with E-state index in [2.05, 4.69) is 58.8 Å². The van der Waals surface area contributed by atoms with Crippen LogP contribution >= 0.6 is 0 Å². The van der Waals surface area contributed by atoms with Gasteiger partial charge in [-0.3, -0.25) is 14.6 Å². The van der Waals surface area contributed by atoms with Gasteiger partial charge in [0.2, 0.25) is 0 Å². The lowest BCUT2D eigenvalue weighted by molar-refractivity contribution is 0.150. The van der Waals surface area contributed by atoms with Gasteiger partial charge in [-0.1, -0.05) is 6.42 Å². The van der Waals surface area contributed by atoms with Crippen molar-refractivity contribution in [3.63, 3.8) is 0 Å². The summed E-state index contributed by atoms with van der Waals surface area (Å²) in [7, 11) is 6.13. The third kappa shape index (κ3) is 6.09. The fourth-order valence-corrected chi connectivity index (χ4v) is 4.02. The second-order valence-corrected chi connectivity index (χ2v) is 8.16. The van der Waals surface area contributed by atoms with Crippen molar-refractivity contribution in [3.05, 3.63) is 42.1 Å². The zero-order valence-corrected chi connectivity index (χ0v) is 18.8. The molecule has 2 aromatic heterocycles. The lowest BCUT2D eigenvalue weighted by Crippen LogP contribution is -2.42. The number of likely N-dealkylation sites (N-methyl/N-ethyl adjacent to an activating group) is 1. The van der Waals surface area contributed by atoms with Gasteiger partial charge in [-0.25, -0.2) is 0 Å². The smallest absolute Gasteiger partial charge is 0.191 e. The lowest BCUT2D eigenvalue weighted by Gasteiger charge is -2.32. The van der Waals surface area contributed by atoms with Gasteiger partial charge in [0.15, 0.2) is 5.96 Å². The molecule has 8 nitrogen and oxygen atoms in total. The number of nitrogens with one attached hydrogen (secondary N) is 2. The number of hydrogen-bond acceptors (Lipinski definition) is 5. The molecule has 2 aromatic rings. The highest BCUT2D eigenvalue weighted by Crippen LogP contribution is 2.25. The van der Waals surface area contributed by atoms with Crippen LogP contribution in [-0.2, 0) is 7.05 Å². The number of aliphatic imine (C=N–C) groups is 1. The average Bonchev–Trinajstić information content (AvgIpc) is 3.41. The van der Waals surface area contributed by atoms with Crippen molar-refractivity contribution >= 4 is 5.96 Å². The molecule has 1 saturated heterocycles. The number of hydrogen-bond donors (Lipinski definition) is 2. The number of aryl methyl sites for hydroxylation is 1. The molecule has 0 amide bonds. The Hall–Kier alpha value is -2.32. The summed E-state index contributed by atoms with van der Waals surface area (Å²) < 4.78 is 7.61. The van der Waals surface area contributed by atoms with E-state index in [4.69, 9.17) is 9.41 Å². The number of piperidine rings is 1. The quantitative estimate of drug-likeness (QED) is 0.484. The molecule has 0 bridgehead atoms. The van der Waals surface area contributed by atoms with Crippen LogP contribution in [0.3, 0.4) is 0 Å². The van der Waals surface area contributed by atoms with Crippen LogP contribution in [0.15, 0.2) is 40.2 Å². The van der Waals surface area contributed by atoms with Crippen LogP contribution < -0.4 is 10.6 Å². The Kier molecular flexibility index (Phi) is 8.33. The third-order valence-electron chi connectivity index (χ3n) is 5.67. The van der Waals surface area contributed by atoms with Gasteiger partial charge >= 0.3 is 0 Å². The standard InChI is InChI=1S/C22H37N7O/c1-5-23-22(24-15-19(27(2)3)18-14-26-28(4)17-18)25-16-20(21-10-9-13-30-21)29-11-7-6-8-12-29/h9-10,13-14,17,19-20H,5-8,11-12,15-16H2,1-4H3,(H2,23,24,25). The normalized spacial score (nSPS) is 17.8. The molecule has 3 rings (SSSR count). The molecule has 2 atom stereocenters. The van der Waals surface area contributed by atoms with Crippen molar-refractivity contribution in [2.75, 3.05) is 46.8 Å². The van der Waals surface area contributed by atoms with Crippen molar-refractivity contribution < 1.29 is 4.42 Å². The fraction of sp³-hybridized carbons (Fsp3) is 0.636. The van der Waals surface area contributed by atoms with Gasteiger partial charge in [0.05, 0.1) is 31.1 Å². The largest absolute Gasteiger partial charge is 0.468 e. The minimum absolute atomic E-state index is 0.179. The van der Waals surface area contributed by atoms with Gasteiger partial charge < -0.3 is 20.0 Å². The van der Waals surface area contributed by atoms with Crippen molar-refractivity contribution in [1.82, 2.24) is 30.2 Å². The molecule has 0 saturated carbocycles. The van der Waals surface area contributed by atoms with E-state index in [1.54, 1.807) is 6.26 Å². The molecular weight excluding hydrogens is 378 g/mol. The predicted molar refractivity (Wildman–Crippen MR) is 120 cm³/mol. The fourth-order valence-electron chi connectivity index (χ4n) is 4.02. The first kappa shape index (κ1) is 22.4. The van der Waals surface area contributed by atoms with Gasteiger partial charge in [-0.15, -0.1) is 0 Å². The van der Waals surface area contributed by atoms with E-state index >= 15 is 0 Å². The van der Waals surface area contributed by atoms with Crippen molar-refractivity contribution in [3.8, 4) is 0 Å². The number of aromatic nitrogens is 2. The van der Waals surface area contributed by atoms with Crippen LogP contribution in [0, 0.1) is 0 Å². The van der Waals surface area contributed by atoms with Crippen LogP contribution in [0.1, 0.15) is 49.6 Å². The molecule has 1 aliphatic heterocycles. The molecule has 1 fully saturated rings. The first-order valence-corrected chi connectivity index (χ1v) is 11.0. The maximum absolute atomic E-state index is 5.76. The zero-order chi connectivity index (χ0) is 21.3. The topological polar surface area (TPSA) is 73.9 Å². The summed E-state index contributed by atoms with van der Waals surface area (Å²) in [6.07, 6.45) is 9.56. The molecule has 166 valence electrons. The van der Waals surface area contributed by atoms with E-state index in [1.165, 1.54) is 24.8 Å². The molecule has 0 aromatic carbocycles. The minimum Gasteiger partial charge on any atom is -0.468 e. The van der Waals surface area contributed by atoms with E-state index in [0.29, 0.717) is 6.54 Å². The minimum atomic E-state index is 0.179. The Morgan fingerprint density at radius 1 is 1.27 bits per heavy atom. The molecule has 3 heterocycles. The van der Waals surface area contributed by atoms with Crippen LogP contribution in [0.5, 0.6) is 0 Å². The summed E-state index contributed by atoms with van der Waals surface area (Å²) in [5.41, 5.74) is 1.19. The van der Waals surface area contributed by atoms with E-state index < -0.39 is 0 Å². The van der Waals surface area contributed by atoms with Crippen LogP contribution in [0.2, 0.25) is 0 Å². The highest BCUT2D eigenvalue weighted by molar-refractivity contribution is 5.79. The Morgan fingerprint density at radius 2 is 2.07 bits per heavy atom. The predicted octanol–water partition coefficient (Wildman–Crippen LogP) is 2.40. The summed E-state index contributed by atoms with van der Waals surface area (Å²) in [4.78, 5) is 9.64. The van der Waals surface area contributed by atoms with Gasteiger partial charge in [0, 0.05) is 31.9 Å². The summed E-state index contributed by atoms with van der Waals surface area (Å²) in [6.45, 7) is 6.54. The Bertz CT molecular complexity index is 762. The number of likely N-dealkylation sites (tertiary alicyclic amines) is 1. The molecule has 0 spiro atoms. The molecule has 0 radical (unpaired) electrons. The molecule has 30 heavy (non-hydrogen) atoms. The Balaban J connectivity index is 1.68. The number of furan rings is 1. The summed E-state index contributed by atoms with van der Waals surface area (Å²) in [5.74, 6) is 1.83. The SMILES string of the molecule is CCNC(=NCC(c1ccco1)N1CCCCC1)NCC(c1cnn(C)c1)N(C)C. The van der Waals surface area contributed by atoms with E-state index in [-0.39, 0.29) is 12.1 Å². The monoisotopic (exact) mass is 415 g/mol. The number of rotatable bonds is 9. The molecule has 2 unspecified atom stereocenters. The molecule has 8 heteroatoms. The van der Waals surface area contributed by atoms with E-state index in [9.17, 15) is 0 Å². The Morgan fingerprint density at radius 3 is 2.67 bits per heavy atom. The van der Waals surface area contributed by atoms with Gasteiger partial charge in [0.25, 0.3) is 0 Å². The maximum Gasteiger partial charge on any atom is 0.191 e. The van der Waals surface area contributed by atoms with Crippen molar-refractivity contribution in [2.24, 2.45) is 12.0 Å². The Labute approximate surface area is 180 Å². The van der Waals surface area contributed by atoms with Crippen LogP contribution in [0.25, 0.3) is 0 Å². The van der Waals surface area contributed by atoms with Crippen molar-refractivity contribution in [1.29, 1.82) is 0 Å². The highest BCUT2D eigenvalue weighted by Gasteiger charge is 2.24. The van der Waals surface area contributed by atoms with Crippen LogP contribution in [0.4, 0.5) is 0 Å². The van der Waals surface area contributed by atoms with E-state index in [0.717, 1.165) is 37.9 Å². The van der Waals surface area contributed by atoms with Crippen LogP contribution in [-0.4, -0.2) is 72.4 Å². The lowest BCUT2D eigenvalue weighted by atomic mass is 10.1. The number of guanidine groups is 1. The summed E-state index contributed by atoms with van der Waals surface area (Å²) in [6, 6.07) is 4.43. The zero-order valence-electron chi connectivity index (χ0n) is 18.8. The molecule has 1 aliphatic rings. The molecule has 2 N–H and O–H groups in total. The molecular formula is C22H37N7O. The summed E-state index contributed by atoms with van der Waals surface area (Å²) in [5, 5.41) is 11.2.